The maximum absolute atomic E-state index is 6.29. The smallest absolute Gasteiger partial charge is 0.135 e. The Morgan fingerprint density at radius 3 is 2.82 bits per heavy atom. The lowest BCUT2D eigenvalue weighted by Gasteiger charge is -2.31. The van der Waals surface area contributed by atoms with E-state index >= 15 is 0 Å². The zero-order valence-electron chi connectivity index (χ0n) is 12.3. The fourth-order valence-electron chi connectivity index (χ4n) is 2.82. The summed E-state index contributed by atoms with van der Waals surface area (Å²) in [6.07, 6.45) is 0.721. The van der Waals surface area contributed by atoms with Gasteiger partial charge in [0.2, 0.25) is 0 Å². The number of benzene rings is 2. The van der Waals surface area contributed by atoms with Crippen molar-refractivity contribution in [2.45, 2.75) is 18.7 Å². The quantitative estimate of drug-likeness (QED) is 0.788. The van der Waals surface area contributed by atoms with Crippen LogP contribution in [0.4, 0.5) is 5.69 Å². The molecule has 0 saturated heterocycles. The van der Waals surface area contributed by atoms with Crippen LogP contribution < -0.4 is 10.6 Å². The second-order valence-corrected chi connectivity index (χ2v) is 6.15. The van der Waals surface area contributed by atoms with Crippen LogP contribution in [0.15, 0.2) is 42.5 Å². The molecule has 3 rings (SSSR count). The van der Waals surface area contributed by atoms with Gasteiger partial charge in [-0.15, -0.1) is 0 Å². The lowest BCUT2D eigenvalue weighted by Crippen LogP contribution is -2.32. The van der Waals surface area contributed by atoms with Gasteiger partial charge in [0.1, 0.15) is 6.23 Å². The first-order valence-electron chi connectivity index (χ1n) is 7.25. The Bertz CT molecular complexity index is 663. The summed E-state index contributed by atoms with van der Waals surface area (Å²) in [7, 11) is 1.69. The van der Waals surface area contributed by atoms with E-state index in [-0.39, 0.29) is 12.3 Å². The van der Waals surface area contributed by atoms with Crippen molar-refractivity contribution >= 4 is 28.9 Å². The van der Waals surface area contributed by atoms with Crippen LogP contribution in [0.25, 0.3) is 0 Å². The van der Waals surface area contributed by atoms with Crippen molar-refractivity contribution in [1.82, 2.24) is 5.32 Å². The molecule has 1 heterocycles. The lowest BCUT2D eigenvalue weighted by molar-refractivity contribution is 0.0614. The summed E-state index contributed by atoms with van der Waals surface area (Å²) < 4.78 is 5.62. The Labute approximate surface area is 140 Å². The van der Waals surface area contributed by atoms with Crippen LogP contribution in [0.3, 0.4) is 0 Å². The molecular formula is C17H18Cl2N2O. The predicted molar refractivity (Wildman–Crippen MR) is 91.6 cm³/mol. The molecule has 22 heavy (non-hydrogen) atoms. The first-order chi connectivity index (χ1) is 10.7. The van der Waals surface area contributed by atoms with Crippen molar-refractivity contribution in [3.8, 4) is 0 Å². The molecule has 2 aromatic rings. The molecule has 0 radical (unpaired) electrons. The first-order valence-corrected chi connectivity index (χ1v) is 8.01. The molecule has 1 aliphatic rings. The SMILES string of the molecule is COC(NC1CCNc2cc(Cl)ccc21)c1ccccc1Cl. The van der Waals surface area contributed by atoms with E-state index < -0.39 is 0 Å². The van der Waals surface area contributed by atoms with Gasteiger partial charge in [0, 0.05) is 41.0 Å². The van der Waals surface area contributed by atoms with Crippen molar-refractivity contribution in [2.24, 2.45) is 0 Å². The summed E-state index contributed by atoms with van der Waals surface area (Å²) in [4.78, 5) is 0. The number of rotatable bonds is 4. The number of anilines is 1. The minimum absolute atomic E-state index is 0.190. The topological polar surface area (TPSA) is 33.3 Å². The fourth-order valence-corrected chi connectivity index (χ4v) is 3.23. The van der Waals surface area contributed by atoms with Gasteiger partial charge in [0.15, 0.2) is 0 Å². The van der Waals surface area contributed by atoms with Gasteiger partial charge in [-0.2, -0.15) is 0 Å². The first kappa shape index (κ1) is 15.6. The molecule has 2 aromatic carbocycles. The summed E-state index contributed by atoms with van der Waals surface area (Å²) >= 11 is 12.4. The molecule has 0 bridgehead atoms. The van der Waals surface area contributed by atoms with Crippen LogP contribution in [-0.4, -0.2) is 13.7 Å². The number of fused-ring (bicyclic) bond motifs is 1. The van der Waals surface area contributed by atoms with Crippen LogP contribution in [0.5, 0.6) is 0 Å². The highest BCUT2D eigenvalue weighted by Gasteiger charge is 2.24. The summed E-state index contributed by atoms with van der Waals surface area (Å²) in [5.41, 5.74) is 3.22. The molecule has 116 valence electrons. The Morgan fingerprint density at radius 2 is 2.05 bits per heavy atom. The number of hydrogen-bond acceptors (Lipinski definition) is 3. The molecule has 0 fully saturated rings. The zero-order valence-corrected chi connectivity index (χ0v) is 13.8. The standard InChI is InChI=1S/C17H18Cl2N2O/c1-22-17(12-4-2-3-5-14(12)19)21-15-8-9-20-16-10-11(18)6-7-13(15)16/h2-7,10,15,17,20-21H,8-9H2,1H3. The van der Waals surface area contributed by atoms with E-state index in [1.165, 1.54) is 5.56 Å². The molecule has 0 saturated carbocycles. The molecule has 2 N–H and O–H groups in total. The monoisotopic (exact) mass is 336 g/mol. The van der Waals surface area contributed by atoms with Crippen LogP contribution in [0, 0.1) is 0 Å². The average Bonchev–Trinajstić information content (AvgIpc) is 2.53. The van der Waals surface area contributed by atoms with E-state index in [9.17, 15) is 0 Å². The minimum Gasteiger partial charge on any atom is -0.385 e. The van der Waals surface area contributed by atoms with E-state index in [1.54, 1.807) is 7.11 Å². The lowest BCUT2D eigenvalue weighted by atomic mass is 9.97. The van der Waals surface area contributed by atoms with Crippen LogP contribution in [0.2, 0.25) is 10.0 Å². The Hall–Kier alpha value is -1.26. The molecular weight excluding hydrogens is 319 g/mol. The normalized spacial score (nSPS) is 18.4. The summed E-state index contributed by atoms with van der Waals surface area (Å²) in [5, 5.41) is 8.37. The average molecular weight is 337 g/mol. The van der Waals surface area contributed by atoms with Gasteiger partial charge < -0.3 is 10.1 Å². The van der Waals surface area contributed by atoms with Crippen molar-refractivity contribution in [1.29, 1.82) is 0 Å². The minimum atomic E-state index is -0.250. The van der Waals surface area contributed by atoms with Gasteiger partial charge in [0.05, 0.1) is 0 Å². The second kappa shape index (κ2) is 6.88. The van der Waals surface area contributed by atoms with Crippen molar-refractivity contribution in [2.75, 3.05) is 19.0 Å². The maximum atomic E-state index is 6.29. The third-order valence-corrected chi connectivity index (χ3v) is 4.49. The number of methoxy groups -OCH3 is 1. The number of nitrogens with one attached hydrogen (secondary N) is 2. The largest absolute Gasteiger partial charge is 0.385 e. The highest BCUT2D eigenvalue weighted by molar-refractivity contribution is 6.31. The Morgan fingerprint density at radius 1 is 1.23 bits per heavy atom. The maximum Gasteiger partial charge on any atom is 0.135 e. The second-order valence-electron chi connectivity index (χ2n) is 5.30. The molecule has 2 atom stereocenters. The van der Waals surface area contributed by atoms with Crippen LogP contribution >= 0.6 is 23.2 Å². The van der Waals surface area contributed by atoms with Gasteiger partial charge in [-0.3, -0.25) is 5.32 Å². The molecule has 2 unspecified atom stereocenters. The van der Waals surface area contributed by atoms with Gasteiger partial charge in [-0.05, 0) is 30.2 Å². The van der Waals surface area contributed by atoms with Crippen LogP contribution in [-0.2, 0) is 4.74 Å². The zero-order chi connectivity index (χ0) is 15.5. The summed E-state index contributed by atoms with van der Waals surface area (Å²) in [6, 6.07) is 13.9. The molecule has 0 amide bonds. The van der Waals surface area contributed by atoms with Gasteiger partial charge in [-0.1, -0.05) is 47.5 Å². The van der Waals surface area contributed by atoms with E-state index in [0.29, 0.717) is 5.02 Å². The summed E-state index contributed by atoms with van der Waals surface area (Å²) in [6.45, 7) is 0.893. The van der Waals surface area contributed by atoms with Crippen molar-refractivity contribution < 1.29 is 4.74 Å². The van der Waals surface area contributed by atoms with Crippen molar-refractivity contribution in [3.05, 3.63) is 63.6 Å². The Kier molecular flexibility index (Phi) is 4.89. The third kappa shape index (κ3) is 3.23. The van der Waals surface area contributed by atoms with E-state index in [1.807, 2.05) is 36.4 Å². The number of halogens is 2. The Balaban J connectivity index is 1.85. The highest BCUT2D eigenvalue weighted by Crippen LogP contribution is 2.34. The van der Waals surface area contributed by atoms with E-state index in [0.717, 1.165) is 29.2 Å². The molecule has 0 aliphatic carbocycles. The third-order valence-electron chi connectivity index (χ3n) is 3.92. The van der Waals surface area contributed by atoms with Gasteiger partial charge >= 0.3 is 0 Å². The predicted octanol–water partition coefficient (Wildman–Crippen LogP) is 4.78. The molecule has 5 heteroatoms. The summed E-state index contributed by atoms with van der Waals surface area (Å²) in [5.74, 6) is 0. The number of hydrogen-bond donors (Lipinski definition) is 2. The number of ether oxygens (including phenoxy) is 1. The van der Waals surface area contributed by atoms with E-state index in [4.69, 9.17) is 27.9 Å². The van der Waals surface area contributed by atoms with Crippen molar-refractivity contribution in [3.63, 3.8) is 0 Å². The molecule has 3 nitrogen and oxygen atoms in total. The van der Waals surface area contributed by atoms with Gasteiger partial charge in [-0.25, -0.2) is 0 Å². The molecule has 0 spiro atoms. The molecule has 0 aromatic heterocycles. The van der Waals surface area contributed by atoms with Gasteiger partial charge in [0.25, 0.3) is 0 Å². The fraction of sp³-hybridized carbons (Fsp3) is 0.294. The van der Waals surface area contributed by atoms with E-state index in [2.05, 4.69) is 16.7 Å². The molecule has 1 aliphatic heterocycles. The van der Waals surface area contributed by atoms with Crippen LogP contribution in [0.1, 0.15) is 29.8 Å². The highest BCUT2D eigenvalue weighted by atomic mass is 35.5.